The largest absolute Gasteiger partial charge is 0.411 e. The average Bonchev–Trinajstić information content (AvgIpc) is 2.47. The van der Waals surface area contributed by atoms with Crippen molar-refractivity contribution in [2.45, 2.75) is 38.0 Å². The lowest BCUT2D eigenvalue weighted by molar-refractivity contribution is -0.288. The topological polar surface area (TPSA) is 0 Å². The van der Waals surface area contributed by atoms with Crippen LogP contribution in [0.5, 0.6) is 0 Å². The van der Waals surface area contributed by atoms with Gasteiger partial charge in [-0.3, -0.25) is 0 Å². The fourth-order valence-corrected chi connectivity index (χ4v) is 2.78. The van der Waals surface area contributed by atoms with Gasteiger partial charge in [0.2, 0.25) is 5.41 Å². The van der Waals surface area contributed by atoms with Crippen molar-refractivity contribution in [1.29, 1.82) is 0 Å². The summed E-state index contributed by atoms with van der Waals surface area (Å²) >= 11 is 0. The molecular weight excluding hydrogens is 330 g/mol. The van der Waals surface area contributed by atoms with Crippen molar-refractivity contribution in [3.05, 3.63) is 70.8 Å². The zero-order chi connectivity index (χ0) is 18.2. The molecule has 130 valence electrons. The molecule has 2 aromatic rings. The Morgan fingerprint density at radius 1 is 0.667 bits per heavy atom. The molecule has 0 unspecified atom stereocenters. The SMILES string of the molecule is CCc1ccc(C(c2ccc(C)cc2)(C(F)(F)F)C(F)(F)F)cc1. The third kappa shape index (κ3) is 2.89. The van der Waals surface area contributed by atoms with Gasteiger partial charge in [0.05, 0.1) is 0 Å². The molecule has 0 aromatic heterocycles. The Labute approximate surface area is 136 Å². The van der Waals surface area contributed by atoms with Crippen LogP contribution in [0.4, 0.5) is 26.3 Å². The van der Waals surface area contributed by atoms with Crippen molar-refractivity contribution in [3.8, 4) is 0 Å². The van der Waals surface area contributed by atoms with E-state index in [9.17, 15) is 26.3 Å². The van der Waals surface area contributed by atoms with Crippen LogP contribution >= 0.6 is 0 Å². The molecule has 0 amide bonds. The second-order valence-corrected chi connectivity index (χ2v) is 5.66. The van der Waals surface area contributed by atoms with Crippen LogP contribution in [0.2, 0.25) is 0 Å². The Kier molecular flexibility index (Phi) is 4.70. The van der Waals surface area contributed by atoms with E-state index in [1.54, 1.807) is 13.8 Å². The summed E-state index contributed by atoms with van der Waals surface area (Å²) in [6.07, 6.45) is -10.5. The summed E-state index contributed by atoms with van der Waals surface area (Å²) in [4.78, 5) is 0. The fraction of sp³-hybridized carbons (Fsp3) is 0.333. The molecule has 2 rings (SSSR count). The van der Waals surface area contributed by atoms with Crippen LogP contribution in [-0.2, 0) is 11.8 Å². The molecule has 0 N–H and O–H groups in total. The normalized spacial score (nSPS) is 13.2. The lowest BCUT2D eigenvalue weighted by Crippen LogP contribution is -2.54. The van der Waals surface area contributed by atoms with E-state index < -0.39 is 28.9 Å². The minimum Gasteiger partial charge on any atom is -0.169 e. The van der Waals surface area contributed by atoms with E-state index in [0.29, 0.717) is 17.5 Å². The quantitative estimate of drug-likeness (QED) is 0.601. The van der Waals surface area contributed by atoms with E-state index in [0.717, 1.165) is 24.3 Å². The van der Waals surface area contributed by atoms with Crippen molar-refractivity contribution in [2.24, 2.45) is 0 Å². The Balaban J connectivity index is 2.83. The molecule has 0 heterocycles. The predicted octanol–water partition coefficient (Wildman–Crippen LogP) is 5.97. The van der Waals surface area contributed by atoms with Crippen LogP contribution in [0.1, 0.15) is 29.2 Å². The fourth-order valence-electron chi connectivity index (χ4n) is 2.78. The molecule has 0 aliphatic rings. The predicted molar refractivity (Wildman–Crippen MR) is 79.9 cm³/mol. The number of alkyl halides is 6. The maximum atomic E-state index is 13.8. The van der Waals surface area contributed by atoms with Crippen LogP contribution in [0.25, 0.3) is 0 Å². The second-order valence-electron chi connectivity index (χ2n) is 5.66. The molecule has 0 bridgehead atoms. The van der Waals surface area contributed by atoms with E-state index in [4.69, 9.17) is 0 Å². The molecule has 0 fully saturated rings. The summed E-state index contributed by atoms with van der Waals surface area (Å²) in [5.74, 6) is 0. The van der Waals surface area contributed by atoms with Gasteiger partial charge in [-0.25, -0.2) is 0 Å². The average molecular weight is 346 g/mol. The molecule has 6 heteroatoms. The number of hydrogen-bond acceptors (Lipinski definition) is 0. The van der Waals surface area contributed by atoms with E-state index in [-0.39, 0.29) is 0 Å². The smallest absolute Gasteiger partial charge is 0.169 e. The first-order valence-corrected chi connectivity index (χ1v) is 7.34. The lowest BCUT2D eigenvalue weighted by Gasteiger charge is -2.38. The molecule has 0 saturated heterocycles. The van der Waals surface area contributed by atoms with Gasteiger partial charge >= 0.3 is 12.4 Å². The first-order chi connectivity index (χ1) is 11.0. The maximum Gasteiger partial charge on any atom is 0.411 e. The highest BCUT2D eigenvalue weighted by molar-refractivity contribution is 5.45. The minimum absolute atomic E-state index is 0.524. The van der Waals surface area contributed by atoms with Crippen molar-refractivity contribution in [3.63, 3.8) is 0 Å². The number of aryl methyl sites for hydroxylation is 2. The Hall–Kier alpha value is -1.98. The van der Waals surface area contributed by atoms with E-state index in [1.807, 2.05) is 0 Å². The zero-order valence-electron chi connectivity index (χ0n) is 13.1. The number of benzene rings is 2. The van der Waals surface area contributed by atoms with Crippen molar-refractivity contribution >= 4 is 0 Å². The van der Waals surface area contributed by atoms with Gasteiger partial charge in [-0.1, -0.05) is 61.0 Å². The van der Waals surface area contributed by atoms with Gasteiger partial charge in [0, 0.05) is 0 Å². The zero-order valence-corrected chi connectivity index (χ0v) is 13.1. The molecule has 2 aromatic carbocycles. The first kappa shape index (κ1) is 18.4. The van der Waals surface area contributed by atoms with Crippen LogP contribution in [0, 0.1) is 6.92 Å². The molecule has 0 atom stereocenters. The highest BCUT2D eigenvalue weighted by Gasteiger charge is 2.72. The van der Waals surface area contributed by atoms with Crippen LogP contribution < -0.4 is 0 Å². The van der Waals surface area contributed by atoms with Crippen molar-refractivity contribution in [1.82, 2.24) is 0 Å². The van der Waals surface area contributed by atoms with Crippen LogP contribution in [-0.4, -0.2) is 12.4 Å². The van der Waals surface area contributed by atoms with Crippen molar-refractivity contribution < 1.29 is 26.3 Å². The standard InChI is InChI=1S/C18H16F6/c1-3-13-6-10-15(11-7-13)16(17(19,20)21,18(22,23)24)14-8-4-12(2)5-9-14/h4-11H,3H2,1-2H3. The van der Waals surface area contributed by atoms with Gasteiger partial charge in [-0.2, -0.15) is 26.3 Å². The molecule has 0 aliphatic carbocycles. The third-order valence-corrected chi connectivity index (χ3v) is 4.13. The Morgan fingerprint density at radius 3 is 1.38 bits per heavy atom. The van der Waals surface area contributed by atoms with Gasteiger partial charge in [-0.05, 0) is 30.0 Å². The number of halogens is 6. The lowest BCUT2D eigenvalue weighted by atomic mass is 9.72. The van der Waals surface area contributed by atoms with E-state index in [2.05, 4.69) is 0 Å². The van der Waals surface area contributed by atoms with E-state index in [1.165, 1.54) is 24.3 Å². The number of rotatable bonds is 3. The summed E-state index contributed by atoms with van der Waals surface area (Å²) in [7, 11) is 0. The minimum atomic E-state index is -5.53. The monoisotopic (exact) mass is 346 g/mol. The molecule has 24 heavy (non-hydrogen) atoms. The summed E-state index contributed by atoms with van der Waals surface area (Å²) in [6.45, 7) is 3.37. The van der Waals surface area contributed by atoms with E-state index >= 15 is 0 Å². The van der Waals surface area contributed by atoms with Crippen molar-refractivity contribution in [2.75, 3.05) is 0 Å². The Morgan fingerprint density at radius 2 is 1.04 bits per heavy atom. The third-order valence-electron chi connectivity index (χ3n) is 4.13. The van der Waals surface area contributed by atoms with Crippen LogP contribution in [0.15, 0.2) is 48.5 Å². The van der Waals surface area contributed by atoms with Gasteiger partial charge in [0.25, 0.3) is 0 Å². The maximum absolute atomic E-state index is 13.8. The Bertz CT molecular complexity index is 663. The molecule has 0 nitrogen and oxygen atoms in total. The molecule has 0 aliphatic heterocycles. The highest BCUT2D eigenvalue weighted by atomic mass is 19.4. The summed E-state index contributed by atoms with van der Waals surface area (Å²) in [6, 6.07) is 8.73. The number of hydrogen-bond donors (Lipinski definition) is 0. The van der Waals surface area contributed by atoms with Gasteiger partial charge in [-0.15, -0.1) is 0 Å². The highest BCUT2D eigenvalue weighted by Crippen LogP contribution is 2.56. The van der Waals surface area contributed by atoms with Gasteiger partial charge in [0.1, 0.15) is 0 Å². The molecule has 0 saturated carbocycles. The second kappa shape index (κ2) is 6.15. The van der Waals surface area contributed by atoms with Crippen LogP contribution in [0.3, 0.4) is 0 Å². The molecular formula is C18H16F6. The molecule has 0 spiro atoms. The summed E-state index contributed by atoms with van der Waals surface area (Å²) in [5.41, 5.74) is -4.47. The first-order valence-electron chi connectivity index (χ1n) is 7.34. The van der Waals surface area contributed by atoms with Gasteiger partial charge < -0.3 is 0 Å². The molecule has 0 radical (unpaired) electrons. The summed E-state index contributed by atoms with van der Waals surface area (Å²) < 4.78 is 82.8. The van der Waals surface area contributed by atoms with Gasteiger partial charge in [0.15, 0.2) is 0 Å². The summed E-state index contributed by atoms with van der Waals surface area (Å²) in [5, 5.41) is 0.